The Balaban J connectivity index is 1.83. The number of nitrogens with zero attached hydrogens (tertiary/aromatic N) is 2. The molecule has 0 fully saturated rings. The van der Waals surface area contributed by atoms with Crippen LogP contribution in [0.15, 0.2) is 48.5 Å². The highest BCUT2D eigenvalue weighted by Gasteiger charge is 2.08. The molecule has 0 saturated heterocycles. The standard InChI is InChI=1S/C18H18FN3O/c1-22(13-14-5-4-7-16(19)11-14)10-9-18(23)21-17-8-3-2-6-15(17)12-20/h2-8,11H,9-10,13H2,1H3,(H,21,23). The zero-order valence-electron chi connectivity index (χ0n) is 12.9. The molecule has 0 saturated carbocycles. The quantitative estimate of drug-likeness (QED) is 0.891. The number of anilines is 1. The number of carbonyl (C=O) groups excluding carboxylic acids is 1. The first kappa shape index (κ1) is 16.7. The Morgan fingerprint density at radius 1 is 1.26 bits per heavy atom. The first-order valence-electron chi connectivity index (χ1n) is 7.30. The van der Waals surface area contributed by atoms with E-state index in [9.17, 15) is 9.18 Å². The predicted octanol–water partition coefficient (Wildman–Crippen LogP) is 3.16. The Labute approximate surface area is 135 Å². The number of hydrogen-bond acceptors (Lipinski definition) is 3. The number of benzene rings is 2. The van der Waals surface area contributed by atoms with Gasteiger partial charge in [-0.15, -0.1) is 0 Å². The summed E-state index contributed by atoms with van der Waals surface area (Å²) in [6.45, 7) is 1.11. The van der Waals surface area contributed by atoms with Crippen molar-refractivity contribution in [1.29, 1.82) is 5.26 Å². The van der Waals surface area contributed by atoms with Crippen LogP contribution in [0.4, 0.5) is 10.1 Å². The molecule has 0 unspecified atom stereocenters. The lowest BCUT2D eigenvalue weighted by atomic mass is 10.2. The zero-order valence-corrected chi connectivity index (χ0v) is 12.9. The third kappa shape index (κ3) is 5.20. The molecule has 1 N–H and O–H groups in total. The SMILES string of the molecule is CN(CCC(=O)Nc1ccccc1C#N)Cc1cccc(F)c1. The Kier molecular flexibility index (Phi) is 5.84. The van der Waals surface area contributed by atoms with Crippen molar-refractivity contribution in [2.24, 2.45) is 0 Å². The van der Waals surface area contributed by atoms with Gasteiger partial charge in [-0.1, -0.05) is 24.3 Å². The van der Waals surface area contributed by atoms with Gasteiger partial charge in [0.25, 0.3) is 0 Å². The molecule has 0 aliphatic carbocycles. The second kappa shape index (κ2) is 8.06. The molecule has 2 rings (SSSR count). The first-order valence-corrected chi connectivity index (χ1v) is 7.30. The molecule has 118 valence electrons. The van der Waals surface area contributed by atoms with E-state index in [1.165, 1.54) is 12.1 Å². The van der Waals surface area contributed by atoms with Crippen LogP contribution in [-0.4, -0.2) is 24.4 Å². The van der Waals surface area contributed by atoms with Crippen LogP contribution < -0.4 is 5.32 Å². The summed E-state index contributed by atoms with van der Waals surface area (Å²) < 4.78 is 13.1. The third-order valence-electron chi connectivity index (χ3n) is 3.38. The van der Waals surface area contributed by atoms with Gasteiger partial charge < -0.3 is 10.2 Å². The maximum atomic E-state index is 13.1. The van der Waals surface area contributed by atoms with Crippen molar-refractivity contribution in [1.82, 2.24) is 4.90 Å². The molecule has 0 aliphatic heterocycles. The molecule has 23 heavy (non-hydrogen) atoms. The fraction of sp³-hybridized carbons (Fsp3) is 0.222. The molecule has 1 amide bonds. The van der Waals surface area contributed by atoms with E-state index in [0.29, 0.717) is 30.8 Å². The van der Waals surface area contributed by atoms with Crippen molar-refractivity contribution in [2.45, 2.75) is 13.0 Å². The van der Waals surface area contributed by atoms with E-state index in [0.717, 1.165) is 5.56 Å². The maximum Gasteiger partial charge on any atom is 0.225 e. The average molecular weight is 311 g/mol. The van der Waals surface area contributed by atoms with Crippen LogP contribution in [0, 0.1) is 17.1 Å². The molecule has 0 heterocycles. The molecule has 0 bridgehead atoms. The number of halogens is 1. The number of amides is 1. The lowest BCUT2D eigenvalue weighted by molar-refractivity contribution is -0.116. The Morgan fingerprint density at radius 3 is 2.78 bits per heavy atom. The highest BCUT2D eigenvalue weighted by Crippen LogP contribution is 2.14. The van der Waals surface area contributed by atoms with Gasteiger partial charge in [-0.3, -0.25) is 4.79 Å². The van der Waals surface area contributed by atoms with Gasteiger partial charge in [0, 0.05) is 19.5 Å². The molecule has 0 aliphatic rings. The van der Waals surface area contributed by atoms with Crippen molar-refractivity contribution in [3.63, 3.8) is 0 Å². The van der Waals surface area contributed by atoms with Gasteiger partial charge in [-0.2, -0.15) is 5.26 Å². The third-order valence-corrected chi connectivity index (χ3v) is 3.38. The van der Waals surface area contributed by atoms with Crippen LogP contribution in [0.2, 0.25) is 0 Å². The van der Waals surface area contributed by atoms with E-state index in [1.807, 2.05) is 24.1 Å². The van der Waals surface area contributed by atoms with Gasteiger partial charge in [0.15, 0.2) is 0 Å². The van der Waals surface area contributed by atoms with E-state index < -0.39 is 0 Å². The van der Waals surface area contributed by atoms with Crippen molar-refractivity contribution < 1.29 is 9.18 Å². The number of rotatable bonds is 6. The van der Waals surface area contributed by atoms with Crippen molar-refractivity contribution in [2.75, 3.05) is 18.9 Å². The highest BCUT2D eigenvalue weighted by atomic mass is 19.1. The summed E-state index contributed by atoms with van der Waals surface area (Å²) in [5.41, 5.74) is 1.82. The summed E-state index contributed by atoms with van der Waals surface area (Å²) in [5.74, 6) is -0.416. The van der Waals surface area contributed by atoms with Crippen LogP contribution in [0.25, 0.3) is 0 Å². The Hall–Kier alpha value is -2.71. The molecular weight excluding hydrogens is 293 g/mol. The van der Waals surface area contributed by atoms with Crippen molar-refractivity contribution >= 4 is 11.6 Å². The summed E-state index contributed by atoms with van der Waals surface area (Å²) in [4.78, 5) is 13.9. The van der Waals surface area contributed by atoms with E-state index in [-0.39, 0.29) is 11.7 Å². The summed E-state index contributed by atoms with van der Waals surface area (Å²) in [6, 6.07) is 15.3. The monoisotopic (exact) mass is 311 g/mol. The minimum atomic E-state index is -0.262. The van der Waals surface area contributed by atoms with Crippen LogP contribution in [0.3, 0.4) is 0 Å². The number of nitrogens with one attached hydrogen (secondary N) is 1. The van der Waals surface area contributed by atoms with E-state index in [4.69, 9.17) is 5.26 Å². The van der Waals surface area contributed by atoms with E-state index in [1.54, 1.807) is 30.3 Å². The van der Waals surface area contributed by atoms with Crippen molar-refractivity contribution in [3.8, 4) is 6.07 Å². The number of nitriles is 1. The zero-order chi connectivity index (χ0) is 16.7. The fourth-order valence-corrected chi connectivity index (χ4v) is 2.22. The Morgan fingerprint density at radius 2 is 2.04 bits per heavy atom. The van der Waals surface area contributed by atoms with Crippen LogP contribution >= 0.6 is 0 Å². The summed E-state index contributed by atoms with van der Waals surface area (Å²) in [7, 11) is 1.88. The number of carbonyl (C=O) groups is 1. The second-order valence-electron chi connectivity index (χ2n) is 5.32. The normalized spacial score (nSPS) is 10.3. The van der Waals surface area contributed by atoms with Crippen LogP contribution in [-0.2, 0) is 11.3 Å². The number of para-hydroxylation sites is 1. The molecule has 2 aromatic rings. The Bertz CT molecular complexity index is 724. The lowest BCUT2D eigenvalue weighted by Crippen LogP contribution is -2.24. The molecule has 0 aromatic heterocycles. The summed E-state index contributed by atoms with van der Waals surface area (Å²) in [6.07, 6.45) is 0.297. The topological polar surface area (TPSA) is 56.1 Å². The van der Waals surface area contributed by atoms with Gasteiger partial charge in [0.1, 0.15) is 11.9 Å². The summed E-state index contributed by atoms with van der Waals surface area (Å²) >= 11 is 0. The largest absolute Gasteiger partial charge is 0.325 e. The molecule has 4 nitrogen and oxygen atoms in total. The summed E-state index contributed by atoms with van der Waals surface area (Å²) in [5, 5.41) is 11.7. The van der Waals surface area contributed by atoms with E-state index in [2.05, 4.69) is 5.32 Å². The maximum absolute atomic E-state index is 13.1. The van der Waals surface area contributed by atoms with Gasteiger partial charge in [-0.05, 0) is 36.9 Å². The van der Waals surface area contributed by atoms with Crippen molar-refractivity contribution in [3.05, 3.63) is 65.5 Å². The lowest BCUT2D eigenvalue weighted by Gasteiger charge is -2.16. The average Bonchev–Trinajstić information content (AvgIpc) is 2.53. The number of hydrogen-bond donors (Lipinski definition) is 1. The smallest absolute Gasteiger partial charge is 0.225 e. The second-order valence-corrected chi connectivity index (χ2v) is 5.32. The minimum absolute atomic E-state index is 0.154. The molecule has 0 atom stereocenters. The molecule has 0 radical (unpaired) electrons. The van der Waals surface area contributed by atoms with Gasteiger partial charge in [0.2, 0.25) is 5.91 Å². The molecule has 2 aromatic carbocycles. The van der Waals surface area contributed by atoms with Crippen LogP contribution in [0.1, 0.15) is 17.5 Å². The fourth-order valence-electron chi connectivity index (χ4n) is 2.22. The highest BCUT2D eigenvalue weighted by molar-refractivity contribution is 5.92. The van der Waals surface area contributed by atoms with Gasteiger partial charge in [0.05, 0.1) is 11.3 Å². The molecule has 0 spiro atoms. The van der Waals surface area contributed by atoms with E-state index >= 15 is 0 Å². The van der Waals surface area contributed by atoms with Gasteiger partial charge >= 0.3 is 0 Å². The van der Waals surface area contributed by atoms with Gasteiger partial charge in [-0.25, -0.2) is 4.39 Å². The predicted molar refractivity (Wildman–Crippen MR) is 87.1 cm³/mol. The van der Waals surface area contributed by atoms with Crippen LogP contribution in [0.5, 0.6) is 0 Å². The minimum Gasteiger partial charge on any atom is -0.325 e. The molecule has 5 heteroatoms. The first-order chi connectivity index (χ1) is 11.1. The molecular formula is C18H18FN3O.